The molecule has 0 unspecified atom stereocenters. The number of methoxy groups -OCH3 is 1. The smallest absolute Gasteiger partial charge is 0.433 e. The summed E-state index contributed by atoms with van der Waals surface area (Å²) in [5.41, 5.74) is -0.573. The van der Waals surface area contributed by atoms with Crippen LogP contribution in [-0.4, -0.2) is 33.6 Å². The molecule has 2 heterocycles. The van der Waals surface area contributed by atoms with Gasteiger partial charge in [0.05, 0.1) is 24.4 Å². The van der Waals surface area contributed by atoms with E-state index in [1.807, 2.05) is 10.9 Å². The molecule has 3 aromatic rings. The fourth-order valence-corrected chi connectivity index (χ4v) is 3.62. The average Bonchev–Trinajstić information content (AvgIpc) is 3.16. The number of hydrogen-bond donors (Lipinski definition) is 1. The van der Waals surface area contributed by atoms with E-state index in [0.717, 1.165) is 30.4 Å². The van der Waals surface area contributed by atoms with E-state index in [1.54, 1.807) is 12.1 Å². The zero-order valence-corrected chi connectivity index (χ0v) is 16.6. The molecule has 0 spiro atoms. The Bertz CT molecular complexity index is 1150. The second kappa shape index (κ2) is 8.01. The predicted octanol–water partition coefficient (Wildman–Crippen LogP) is 4.40. The molecule has 1 fully saturated rings. The molecule has 1 aliphatic carbocycles. The minimum atomic E-state index is -4.65. The van der Waals surface area contributed by atoms with Crippen molar-refractivity contribution >= 4 is 28.3 Å². The van der Waals surface area contributed by atoms with E-state index in [-0.39, 0.29) is 23.2 Å². The van der Waals surface area contributed by atoms with Gasteiger partial charge in [0.1, 0.15) is 22.9 Å². The highest BCUT2D eigenvalue weighted by molar-refractivity contribution is 6.05. The number of benzene rings is 1. The third-order valence-corrected chi connectivity index (χ3v) is 5.25. The zero-order chi connectivity index (χ0) is 22.2. The van der Waals surface area contributed by atoms with Crippen LogP contribution in [0, 0.1) is 0 Å². The summed E-state index contributed by atoms with van der Waals surface area (Å²) in [7, 11) is 1.42. The van der Waals surface area contributed by atoms with Crippen molar-refractivity contribution in [3.05, 3.63) is 47.9 Å². The minimum Gasteiger partial charge on any atom is -0.494 e. The van der Waals surface area contributed by atoms with E-state index in [4.69, 9.17) is 4.74 Å². The number of aromatic nitrogens is 3. The molecule has 31 heavy (non-hydrogen) atoms. The van der Waals surface area contributed by atoms with Gasteiger partial charge in [-0.1, -0.05) is 6.07 Å². The van der Waals surface area contributed by atoms with Crippen LogP contribution in [0.15, 0.2) is 36.5 Å². The van der Waals surface area contributed by atoms with Gasteiger partial charge in [-0.05, 0) is 31.0 Å². The Balaban J connectivity index is 1.61. The topological polar surface area (TPSA) is 86.1 Å². The van der Waals surface area contributed by atoms with Crippen LogP contribution < -0.4 is 10.1 Å². The molecule has 0 aliphatic heterocycles. The van der Waals surface area contributed by atoms with Crippen molar-refractivity contribution in [2.75, 3.05) is 12.4 Å². The van der Waals surface area contributed by atoms with Crippen LogP contribution in [-0.2, 0) is 11.0 Å². The minimum absolute atomic E-state index is 0.114. The fourth-order valence-electron chi connectivity index (χ4n) is 3.62. The molecule has 0 atom stereocenters. The summed E-state index contributed by atoms with van der Waals surface area (Å²) in [6.45, 7) is 0. The first-order valence-electron chi connectivity index (χ1n) is 9.69. The Hall–Kier alpha value is -3.43. The van der Waals surface area contributed by atoms with Gasteiger partial charge in [-0.3, -0.25) is 14.3 Å². The summed E-state index contributed by atoms with van der Waals surface area (Å²) < 4.78 is 45.8. The van der Waals surface area contributed by atoms with Crippen molar-refractivity contribution in [2.24, 2.45) is 0 Å². The van der Waals surface area contributed by atoms with Gasteiger partial charge in [0.25, 0.3) is 5.91 Å². The number of alkyl halides is 3. The molecular formula is C21H19F3N4O3. The molecule has 0 saturated heterocycles. The number of nitrogens with one attached hydrogen (secondary N) is 1. The van der Waals surface area contributed by atoms with Crippen LogP contribution >= 0.6 is 0 Å². The lowest BCUT2D eigenvalue weighted by Crippen LogP contribution is -2.18. The number of halogens is 3. The first-order chi connectivity index (χ1) is 14.7. The summed E-state index contributed by atoms with van der Waals surface area (Å²) in [6, 6.07) is 6.55. The van der Waals surface area contributed by atoms with E-state index in [0.29, 0.717) is 24.1 Å². The Morgan fingerprint density at radius 1 is 1.23 bits per heavy atom. The van der Waals surface area contributed by atoms with Gasteiger partial charge in [-0.15, -0.1) is 0 Å². The van der Waals surface area contributed by atoms with Gasteiger partial charge in [0.2, 0.25) is 0 Å². The van der Waals surface area contributed by atoms with Crippen molar-refractivity contribution < 1.29 is 27.5 Å². The number of amides is 1. The maximum atomic E-state index is 12.9. The average molecular weight is 432 g/mol. The Kier molecular flexibility index (Phi) is 5.38. The van der Waals surface area contributed by atoms with Gasteiger partial charge in [-0.25, -0.2) is 4.98 Å². The van der Waals surface area contributed by atoms with Gasteiger partial charge >= 0.3 is 6.18 Å². The number of carbonyl (C=O) groups is 2. The van der Waals surface area contributed by atoms with Crippen molar-refractivity contribution in [3.8, 4) is 5.75 Å². The number of carbonyl (C=O) groups excluding carboxylic acids is 2. The largest absolute Gasteiger partial charge is 0.494 e. The Morgan fingerprint density at radius 2 is 1.97 bits per heavy atom. The highest BCUT2D eigenvalue weighted by Gasteiger charge is 2.33. The van der Waals surface area contributed by atoms with Crippen LogP contribution in [0.5, 0.6) is 5.75 Å². The summed E-state index contributed by atoms with van der Waals surface area (Å²) in [5, 5.41) is 7.86. The van der Waals surface area contributed by atoms with E-state index in [1.165, 1.54) is 13.2 Å². The summed E-state index contributed by atoms with van der Waals surface area (Å²) in [4.78, 5) is 27.4. The number of anilines is 1. The number of ketones is 1. The van der Waals surface area contributed by atoms with Crippen molar-refractivity contribution in [1.29, 1.82) is 0 Å². The third kappa shape index (κ3) is 4.37. The number of Topliss-reactive ketones (excluding diaryl/α,β-unsaturated/α-hetero) is 1. The number of hydrogen-bond acceptors (Lipinski definition) is 5. The maximum Gasteiger partial charge on any atom is 0.433 e. The molecule has 1 saturated carbocycles. The number of rotatable bonds is 4. The van der Waals surface area contributed by atoms with Crippen molar-refractivity contribution in [2.45, 2.75) is 37.9 Å². The summed E-state index contributed by atoms with van der Waals surface area (Å²) in [6.07, 6.45) is -0.340. The lowest BCUT2D eigenvalue weighted by Gasteiger charge is -2.20. The molecule has 10 heteroatoms. The second-order valence-electron chi connectivity index (χ2n) is 7.35. The zero-order valence-electron chi connectivity index (χ0n) is 16.6. The number of ether oxygens (including phenoxy) is 1. The van der Waals surface area contributed by atoms with Crippen LogP contribution in [0.4, 0.5) is 18.9 Å². The molecule has 0 bridgehead atoms. The number of nitrogens with zero attached hydrogens (tertiary/aromatic N) is 3. The third-order valence-electron chi connectivity index (χ3n) is 5.25. The lowest BCUT2D eigenvalue weighted by atomic mass is 9.95. The molecule has 1 aliphatic rings. The van der Waals surface area contributed by atoms with Gasteiger partial charge in [-0.2, -0.15) is 18.3 Å². The van der Waals surface area contributed by atoms with E-state index >= 15 is 0 Å². The highest BCUT2D eigenvalue weighted by Crippen LogP contribution is 2.33. The predicted molar refractivity (Wildman–Crippen MR) is 106 cm³/mol. The molecule has 1 N–H and O–H groups in total. The molecule has 2 aromatic heterocycles. The fraction of sp³-hybridized carbons (Fsp3) is 0.333. The SMILES string of the molecule is COc1cc2nn(C3CCC(=O)CC3)cc2cc1NC(=O)c1cccc(C(F)(F)F)n1. The van der Waals surface area contributed by atoms with Crippen LogP contribution in [0.3, 0.4) is 0 Å². The molecule has 4 rings (SSSR count). The van der Waals surface area contributed by atoms with Crippen LogP contribution in [0.25, 0.3) is 10.9 Å². The molecular weight excluding hydrogens is 413 g/mol. The van der Waals surface area contributed by atoms with E-state index in [2.05, 4.69) is 15.4 Å². The summed E-state index contributed by atoms with van der Waals surface area (Å²) >= 11 is 0. The van der Waals surface area contributed by atoms with E-state index < -0.39 is 17.8 Å². The quantitative estimate of drug-likeness (QED) is 0.661. The first kappa shape index (κ1) is 20.8. The van der Waals surface area contributed by atoms with Crippen LogP contribution in [0.1, 0.15) is 47.9 Å². The maximum absolute atomic E-state index is 12.9. The first-order valence-corrected chi connectivity index (χ1v) is 9.69. The monoisotopic (exact) mass is 432 g/mol. The number of fused-ring (bicyclic) bond motifs is 1. The Labute approximate surface area is 175 Å². The number of pyridine rings is 1. The molecule has 162 valence electrons. The van der Waals surface area contributed by atoms with Gasteiger partial charge < -0.3 is 10.1 Å². The molecule has 0 radical (unpaired) electrons. The molecule has 7 nitrogen and oxygen atoms in total. The van der Waals surface area contributed by atoms with E-state index in [9.17, 15) is 22.8 Å². The highest BCUT2D eigenvalue weighted by atomic mass is 19.4. The van der Waals surface area contributed by atoms with Crippen LogP contribution in [0.2, 0.25) is 0 Å². The molecule has 1 aromatic carbocycles. The van der Waals surface area contributed by atoms with Gasteiger partial charge in [0.15, 0.2) is 0 Å². The second-order valence-corrected chi connectivity index (χ2v) is 7.35. The summed E-state index contributed by atoms with van der Waals surface area (Å²) in [5.74, 6) is -0.221. The van der Waals surface area contributed by atoms with Gasteiger partial charge in [0, 0.05) is 30.5 Å². The lowest BCUT2D eigenvalue weighted by molar-refractivity contribution is -0.141. The van der Waals surface area contributed by atoms with Crippen molar-refractivity contribution in [1.82, 2.24) is 14.8 Å². The molecule has 1 amide bonds. The standard InChI is InChI=1S/C21H19F3N4O3/c1-31-18-10-16-12(11-28(27-16)13-5-7-14(29)8-6-13)9-17(18)26-20(30)15-3-2-4-19(25-15)21(22,23)24/h2-4,9-11,13H,5-8H2,1H3,(H,26,30). The van der Waals surface area contributed by atoms with Crippen molar-refractivity contribution in [3.63, 3.8) is 0 Å². The normalized spacial score (nSPS) is 15.3. The Morgan fingerprint density at radius 3 is 2.65 bits per heavy atom.